The lowest BCUT2D eigenvalue weighted by molar-refractivity contribution is -0.135. The molecule has 0 bridgehead atoms. The zero-order chi connectivity index (χ0) is 19.6. The van der Waals surface area contributed by atoms with E-state index in [9.17, 15) is 14.7 Å². The van der Waals surface area contributed by atoms with Crippen LogP contribution in [0.5, 0.6) is 0 Å². The first-order valence-electron chi connectivity index (χ1n) is 8.77. The molecule has 0 amide bonds. The third kappa shape index (κ3) is 3.74. The monoisotopic (exact) mass is 360 g/mol. The SMILES string of the molecule is COC(=O)C(=C\C=C\C(C)=C\C=O)/C=C/[C@@]12O[C@]1(C)C[C@@H](O)CC2(C)C. The van der Waals surface area contributed by atoms with Gasteiger partial charge < -0.3 is 14.6 Å². The minimum absolute atomic E-state index is 0.254. The minimum Gasteiger partial charge on any atom is -0.465 e. The van der Waals surface area contributed by atoms with Crippen LogP contribution in [0.1, 0.15) is 40.5 Å². The van der Waals surface area contributed by atoms with Gasteiger partial charge in [-0.15, -0.1) is 0 Å². The first-order valence-corrected chi connectivity index (χ1v) is 8.77. The highest BCUT2D eigenvalue weighted by Gasteiger charge is 2.74. The van der Waals surface area contributed by atoms with E-state index in [1.54, 1.807) is 31.2 Å². The molecule has 1 heterocycles. The van der Waals surface area contributed by atoms with Crippen molar-refractivity contribution < 1.29 is 24.2 Å². The summed E-state index contributed by atoms with van der Waals surface area (Å²) in [7, 11) is 1.34. The molecule has 2 fully saturated rings. The third-order valence-electron chi connectivity index (χ3n) is 5.39. The number of esters is 1. The molecular formula is C21H28O5. The maximum Gasteiger partial charge on any atom is 0.337 e. The molecule has 1 aliphatic carbocycles. The largest absolute Gasteiger partial charge is 0.465 e. The number of ether oxygens (including phenoxy) is 2. The zero-order valence-corrected chi connectivity index (χ0v) is 16.1. The minimum atomic E-state index is -0.511. The van der Waals surface area contributed by atoms with Gasteiger partial charge in [-0.05, 0) is 50.1 Å². The normalized spacial score (nSPS) is 34.0. The van der Waals surface area contributed by atoms with Crippen molar-refractivity contribution in [3.63, 3.8) is 0 Å². The quantitative estimate of drug-likeness (QED) is 0.259. The molecular weight excluding hydrogens is 332 g/mol. The van der Waals surface area contributed by atoms with Crippen LogP contribution < -0.4 is 0 Å². The Morgan fingerprint density at radius 3 is 2.46 bits per heavy atom. The summed E-state index contributed by atoms with van der Waals surface area (Å²) >= 11 is 0. The molecule has 1 aliphatic heterocycles. The number of carbonyl (C=O) groups excluding carboxylic acids is 2. The zero-order valence-electron chi connectivity index (χ0n) is 16.1. The van der Waals surface area contributed by atoms with Gasteiger partial charge in [0.15, 0.2) is 0 Å². The van der Waals surface area contributed by atoms with Gasteiger partial charge in [0, 0.05) is 11.8 Å². The van der Waals surface area contributed by atoms with Crippen LogP contribution in [0.4, 0.5) is 0 Å². The fourth-order valence-electron chi connectivity index (χ4n) is 4.06. The number of aldehydes is 1. The molecule has 5 heteroatoms. The van der Waals surface area contributed by atoms with Gasteiger partial charge >= 0.3 is 5.97 Å². The van der Waals surface area contributed by atoms with Crippen LogP contribution in [0.15, 0.2) is 47.6 Å². The second kappa shape index (κ2) is 7.33. The van der Waals surface area contributed by atoms with Crippen LogP contribution in [-0.4, -0.2) is 41.8 Å². The summed E-state index contributed by atoms with van der Waals surface area (Å²) in [6.07, 6.45) is 11.7. The Labute approximate surface area is 155 Å². The smallest absolute Gasteiger partial charge is 0.337 e. The van der Waals surface area contributed by atoms with E-state index in [0.717, 1.165) is 5.57 Å². The Bertz CT molecular complexity index is 697. The van der Waals surface area contributed by atoms with Gasteiger partial charge in [-0.1, -0.05) is 26.0 Å². The van der Waals surface area contributed by atoms with Crippen molar-refractivity contribution in [3.05, 3.63) is 47.6 Å². The first-order chi connectivity index (χ1) is 12.1. The highest BCUT2D eigenvalue weighted by Crippen LogP contribution is 2.66. The van der Waals surface area contributed by atoms with E-state index in [1.807, 2.05) is 13.0 Å². The van der Waals surface area contributed by atoms with Crippen molar-refractivity contribution >= 4 is 12.3 Å². The van der Waals surface area contributed by atoms with E-state index in [1.165, 1.54) is 13.2 Å². The van der Waals surface area contributed by atoms with Crippen LogP contribution in [0.3, 0.4) is 0 Å². The molecule has 0 aromatic heterocycles. The molecule has 0 aromatic carbocycles. The standard InChI is InChI=1S/C21H28O5/c1-15(10-12-22)7-6-8-16(18(24)25-5)9-11-21-19(2,3)13-17(23)14-20(21,4)26-21/h6-12,17,23H,13-14H2,1-5H3/b7-6+,11-9+,15-10+,16-8-/t17-,20+,21-/m0/s1. The first kappa shape index (κ1) is 20.3. The van der Waals surface area contributed by atoms with Crippen molar-refractivity contribution in [2.45, 2.75) is 57.8 Å². The summed E-state index contributed by atoms with van der Waals surface area (Å²) in [6, 6.07) is 0. The molecule has 2 aliphatic rings. The lowest BCUT2D eigenvalue weighted by Crippen LogP contribution is -2.46. The number of rotatable bonds is 6. The summed E-state index contributed by atoms with van der Waals surface area (Å²) < 4.78 is 10.9. The van der Waals surface area contributed by atoms with Gasteiger partial charge in [-0.3, -0.25) is 4.79 Å². The molecule has 0 spiro atoms. The molecule has 1 saturated heterocycles. The molecule has 1 saturated carbocycles. The van der Waals surface area contributed by atoms with Crippen molar-refractivity contribution in [3.8, 4) is 0 Å². The number of allylic oxidation sites excluding steroid dienone is 5. The molecule has 2 rings (SSSR count). The number of hydrogen-bond acceptors (Lipinski definition) is 5. The summed E-state index contributed by atoms with van der Waals surface area (Å²) in [5, 5.41) is 10.1. The second-order valence-corrected chi connectivity index (χ2v) is 7.87. The predicted octanol–water partition coefficient (Wildman–Crippen LogP) is 3.05. The summed E-state index contributed by atoms with van der Waals surface area (Å²) in [6.45, 7) is 7.93. The van der Waals surface area contributed by atoms with E-state index in [4.69, 9.17) is 9.47 Å². The van der Waals surface area contributed by atoms with Crippen molar-refractivity contribution in [2.24, 2.45) is 5.41 Å². The maximum absolute atomic E-state index is 12.1. The van der Waals surface area contributed by atoms with Gasteiger partial charge in [0.25, 0.3) is 0 Å². The highest BCUT2D eigenvalue weighted by atomic mass is 16.6. The van der Waals surface area contributed by atoms with Crippen LogP contribution in [-0.2, 0) is 19.1 Å². The van der Waals surface area contributed by atoms with Crippen molar-refractivity contribution in [1.82, 2.24) is 0 Å². The lowest BCUT2D eigenvalue weighted by Gasteiger charge is -2.39. The van der Waals surface area contributed by atoms with Gasteiger partial charge in [0.05, 0.1) is 18.8 Å². The Morgan fingerprint density at radius 2 is 1.88 bits per heavy atom. The van der Waals surface area contributed by atoms with E-state index < -0.39 is 17.2 Å². The van der Waals surface area contributed by atoms with Crippen molar-refractivity contribution in [2.75, 3.05) is 7.11 Å². The summed E-state index contributed by atoms with van der Waals surface area (Å²) in [5.74, 6) is -0.449. The van der Waals surface area contributed by atoms with E-state index in [-0.39, 0.29) is 11.5 Å². The Hall–Kier alpha value is -1.98. The summed E-state index contributed by atoms with van der Waals surface area (Å²) in [5.41, 5.74) is -0.0228. The number of aliphatic hydroxyl groups is 1. The Morgan fingerprint density at radius 1 is 1.19 bits per heavy atom. The van der Waals surface area contributed by atoms with Gasteiger partial charge in [-0.25, -0.2) is 4.79 Å². The molecule has 5 nitrogen and oxygen atoms in total. The maximum atomic E-state index is 12.1. The Balaban J connectivity index is 2.28. The molecule has 1 N–H and O–H groups in total. The molecule has 26 heavy (non-hydrogen) atoms. The number of epoxide rings is 1. The number of methoxy groups -OCH3 is 1. The van der Waals surface area contributed by atoms with Crippen molar-refractivity contribution in [1.29, 1.82) is 0 Å². The molecule has 142 valence electrons. The van der Waals surface area contributed by atoms with E-state index in [0.29, 0.717) is 24.7 Å². The van der Waals surface area contributed by atoms with Gasteiger partial charge in [0.2, 0.25) is 0 Å². The summed E-state index contributed by atoms with van der Waals surface area (Å²) in [4.78, 5) is 22.5. The third-order valence-corrected chi connectivity index (χ3v) is 5.39. The highest BCUT2D eigenvalue weighted by molar-refractivity contribution is 5.91. The average molecular weight is 360 g/mol. The molecule has 0 radical (unpaired) electrons. The number of carbonyl (C=O) groups is 2. The fraction of sp³-hybridized carbons (Fsp3) is 0.524. The van der Waals surface area contributed by atoms with E-state index >= 15 is 0 Å². The van der Waals surface area contributed by atoms with Crippen LogP contribution >= 0.6 is 0 Å². The van der Waals surface area contributed by atoms with E-state index in [2.05, 4.69) is 13.8 Å². The van der Waals surface area contributed by atoms with Gasteiger partial charge in [0.1, 0.15) is 17.5 Å². The second-order valence-electron chi connectivity index (χ2n) is 7.87. The fourth-order valence-corrected chi connectivity index (χ4v) is 4.06. The molecule has 0 aromatic rings. The lowest BCUT2D eigenvalue weighted by atomic mass is 9.63. The van der Waals surface area contributed by atoms with Crippen LogP contribution in [0, 0.1) is 5.41 Å². The number of hydrogen-bond donors (Lipinski definition) is 1. The van der Waals surface area contributed by atoms with Crippen LogP contribution in [0.2, 0.25) is 0 Å². The number of fused-ring (bicyclic) bond motifs is 1. The van der Waals surface area contributed by atoms with Gasteiger partial charge in [-0.2, -0.15) is 0 Å². The number of aliphatic hydroxyl groups excluding tert-OH is 1. The molecule has 3 atom stereocenters. The predicted molar refractivity (Wildman–Crippen MR) is 99.4 cm³/mol. The Kier molecular flexibility index (Phi) is 5.73. The van der Waals surface area contributed by atoms with Crippen LogP contribution in [0.25, 0.3) is 0 Å². The molecule has 0 unspecified atom stereocenters. The topological polar surface area (TPSA) is 76.1 Å². The average Bonchev–Trinajstić information content (AvgIpc) is 3.15.